The fourth-order valence-electron chi connectivity index (χ4n) is 1.47. The minimum Gasteiger partial charge on any atom is -0.388 e. The maximum atomic E-state index is 12.0. The summed E-state index contributed by atoms with van der Waals surface area (Å²) in [6, 6.07) is 3.22. The summed E-state index contributed by atoms with van der Waals surface area (Å²) in [5, 5.41) is 12.2. The Morgan fingerprint density at radius 1 is 1.44 bits per heavy atom. The molecule has 0 bridgehead atoms. The van der Waals surface area contributed by atoms with E-state index in [0.717, 1.165) is 5.69 Å². The van der Waals surface area contributed by atoms with Crippen LogP contribution in [-0.4, -0.2) is 33.1 Å². The lowest BCUT2D eigenvalue weighted by Gasteiger charge is -2.10. The summed E-state index contributed by atoms with van der Waals surface area (Å²) in [5.74, 6) is 0.351. The maximum Gasteiger partial charge on any atom is 0.270 e. The number of nitrogens with one attached hydrogen (secondary N) is 3. The van der Waals surface area contributed by atoms with Gasteiger partial charge in [0.05, 0.1) is 6.04 Å². The average molecular weight is 246 g/mol. The van der Waals surface area contributed by atoms with E-state index in [0.29, 0.717) is 11.5 Å². The van der Waals surface area contributed by atoms with Gasteiger partial charge in [-0.25, -0.2) is 4.98 Å². The maximum absolute atomic E-state index is 12.0. The molecule has 2 heterocycles. The minimum absolute atomic E-state index is 0.250. The third kappa shape index (κ3) is 2.62. The van der Waals surface area contributed by atoms with Crippen molar-refractivity contribution in [3.63, 3.8) is 0 Å². The van der Waals surface area contributed by atoms with Crippen molar-refractivity contribution in [2.24, 2.45) is 0 Å². The molecule has 2 rings (SSSR count). The molecule has 1 unspecified atom stereocenters. The van der Waals surface area contributed by atoms with Gasteiger partial charge in [-0.2, -0.15) is 5.10 Å². The van der Waals surface area contributed by atoms with Crippen LogP contribution in [0.5, 0.6) is 0 Å². The van der Waals surface area contributed by atoms with Crippen LogP contribution in [0.3, 0.4) is 0 Å². The first-order valence-corrected chi connectivity index (χ1v) is 5.50. The molecule has 2 aromatic heterocycles. The van der Waals surface area contributed by atoms with Crippen molar-refractivity contribution in [2.75, 3.05) is 12.4 Å². The molecule has 0 aliphatic carbocycles. The highest BCUT2D eigenvalue weighted by molar-refractivity contribution is 5.93. The van der Waals surface area contributed by atoms with E-state index in [1.807, 2.05) is 6.92 Å². The van der Waals surface area contributed by atoms with Gasteiger partial charge in [0.25, 0.3) is 5.91 Å². The summed E-state index contributed by atoms with van der Waals surface area (Å²) in [4.78, 5) is 20.0. The Balaban J connectivity index is 2.07. The van der Waals surface area contributed by atoms with Gasteiger partial charge in [-0.15, -0.1) is 0 Å². The van der Waals surface area contributed by atoms with Gasteiger partial charge in [0.15, 0.2) is 0 Å². The predicted molar refractivity (Wildman–Crippen MR) is 66.0 cm³/mol. The third-order valence-corrected chi connectivity index (χ3v) is 2.47. The number of hydrogen-bond acceptors (Lipinski definition) is 5. The molecular weight excluding hydrogens is 232 g/mol. The first kappa shape index (κ1) is 12.0. The lowest BCUT2D eigenvalue weighted by molar-refractivity contribution is 0.0933. The topological polar surface area (TPSA) is 95.6 Å². The van der Waals surface area contributed by atoms with Crippen LogP contribution in [0.1, 0.15) is 29.3 Å². The van der Waals surface area contributed by atoms with Crippen LogP contribution in [-0.2, 0) is 0 Å². The molecule has 7 heteroatoms. The van der Waals surface area contributed by atoms with Gasteiger partial charge in [0.1, 0.15) is 17.8 Å². The van der Waals surface area contributed by atoms with E-state index in [2.05, 4.69) is 30.8 Å². The van der Waals surface area contributed by atoms with Crippen molar-refractivity contribution in [1.82, 2.24) is 25.5 Å². The number of anilines is 1. The molecule has 1 atom stereocenters. The Morgan fingerprint density at radius 2 is 2.28 bits per heavy atom. The van der Waals surface area contributed by atoms with Crippen LogP contribution in [0.15, 0.2) is 24.7 Å². The monoisotopic (exact) mass is 246 g/mol. The summed E-state index contributed by atoms with van der Waals surface area (Å²) >= 11 is 0. The number of nitrogens with zero attached hydrogens (tertiary/aromatic N) is 3. The van der Waals surface area contributed by atoms with Crippen molar-refractivity contribution in [3.8, 4) is 0 Å². The molecule has 3 N–H and O–H groups in total. The molecule has 0 radical (unpaired) electrons. The number of aromatic nitrogens is 4. The second kappa shape index (κ2) is 5.26. The molecule has 7 nitrogen and oxygen atoms in total. The molecule has 0 spiro atoms. The fourth-order valence-corrected chi connectivity index (χ4v) is 1.47. The fraction of sp³-hybridized carbons (Fsp3) is 0.273. The molecule has 0 aliphatic rings. The number of aromatic amines is 1. The molecule has 0 fully saturated rings. The Labute approximate surface area is 104 Å². The van der Waals surface area contributed by atoms with Crippen molar-refractivity contribution in [3.05, 3.63) is 36.2 Å². The average Bonchev–Trinajstić information content (AvgIpc) is 2.92. The molecule has 94 valence electrons. The number of carbonyl (C=O) groups is 1. The van der Waals surface area contributed by atoms with Crippen molar-refractivity contribution in [1.29, 1.82) is 0 Å². The van der Waals surface area contributed by atoms with Gasteiger partial charge >= 0.3 is 0 Å². The van der Waals surface area contributed by atoms with E-state index >= 15 is 0 Å². The van der Waals surface area contributed by atoms with Gasteiger partial charge in [-0.05, 0) is 19.1 Å². The third-order valence-electron chi connectivity index (χ3n) is 2.47. The van der Waals surface area contributed by atoms with Crippen molar-refractivity contribution >= 4 is 11.6 Å². The van der Waals surface area contributed by atoms with E-state index in [1.165, 1.54) is 6.33 Å². The second-order valence-corrected chi connectivity index (χ2v) is 3.75. The molecule has 2 aromatic rings. The summed E-state index contributed by atoms with van der Waals surface area (Å²) in [6.45, 7) is 1.82. The number of H-pyrrole nitrogens is 1. The molecule has 0 saturated carbocycles. The van der Waals surface area contributed by atoms with Gasteiger partial charge in [0, 0.05) is 18.9 Å². The smallest absolute Gasteiger partial charge is 0.270 e. The van der Waals surface area contributed by atoms with Crippen molar-refractivity contribution < 1.29 is 4.79 Å². The summed E-state index contributed by atoms with van der Waals surface area (Å²) in [7, 11) is 1.79. The highest BCUT2D eigenvalue weighted by Crippen LogP contribution is 2.09. The van der Waals surface area contributed by atoms with Gasteiger partial charge < -0.3 is 10.6 Å². The Hall–Kier alpha value is -2.44. The van der Waals surface area contributed by atoms with Gasteiger partial charge in [-0.1, -0.05) is 0 Å². The Morgan fingerprint density at radius 3 is 2.94 bits per heavy atom. The van der Waals surface area contributed by atoms with Crippen LogP contribution in [0.2, 0.25) is 0 Å². The zero-order valence-corrected chi connectivity index (χ0v) is 10.1. The van der Waals surface area contributed by atoms with E-state index in [4.69, 9.17) is 0 Å². The van der Waals surface area contributed by atoms with E-state index in [-0.39, 0.29) is 11.9 Å². The first-order valence-electron chi connectivity index (χ1n) is 5.50. The highest BCUT2D eigenvalue weighted by atomic mass is 16.1. The van der Waals surface area contributed by atoms with Crippen LogP contribution >= 0.6 is 0 Å². The Kier molecular flexibility index (Phi) is 3.52. The van der Waals surface area contributed by atoms with Crippen LogP contribution < -0.4 is 10.6 Å². The largest absolute Gasteiger partial charge is 0.388 e. The standard InChI is InChI=1S/C11H14N6O/c1-7(10-14-6-15-17-10)16-11(18)9-5-8(12-2)3-4-13-9/h3-7H,1-2H3,(H,12,13)(H,16,18)(H,14,15,17). The first-order chi connectivity index (χ1) is 8.70. The van der Waals surface area contributed by atoms with Crippen LogP contribution in [0.25, 0.3) is 0 Å². The Bertz CT molecular complexity index is 524. The second-order valence-electron chi connectivity index (χ2n) is 3.75. The van der Waals surface area contributed by atoms with Crippen LogP contribution in [0, 0.1) is 0 Å². The molecule has 1 amide bonds. The molecule has 0 aromatic carbocycles. The van der Waals surface area contributed by atoms with E-state index in [9.17, 15) is 4.79 Å². The summed E-state index contributed by atoms with van der Waals surface area (Å²) < 4.78 is 0. The van der Waals surface area contributed by atoms with Gasteiger partial charge in [0.2, 0.25) is 0 Å². The summed E-state index contributed by atoms with van der Waals surface area (Å²) in [5.41, 5.74) is 1.19. The molecular formula is C11H14N6O. The number of pyridine rings is 1. The van der Waals surface area contributed by atoms with Crippen molar-refractivity contribution in [2.45, 2.75) is 13.0 Å². The zero-order valence-electron chi connectivity index (χ0n) is 10.1. The van der Waals surface area contributed by atoms with Crippen LogP contribution in [0.4, 0.5) is 5.69 Å². The quantitative estimate of drug-likeness (QED) is 0.739. The van der Waals surface area contributed by atoms with Gasteiger partial charge in [-0.3, -0.25) is 14.9 Å². The number of hydrogen-bond donors (Lipinski definition) is 3. The zero-order chi connectivity index (χ0) is 13.0. The highest BCUT2D eigenvalue weighted by Gasteiger charge is 2.14. The molecule has 0 aliphatic heterocycles. The number of rotatable bonds is 4. The predicted octanol–water partition coefficient (Wildman–Crippen LogP) is 0.732. The lowest BCUT2D eigenvalue weighted by atomic mass is 10.2. The normalized spacial score (nSPS) is 11.9. The number of carbonyl (C=O) groups excluding carboxylic acids is 1. The molecule has 18 heavy (non-hydrogen) atoms. The van der Waals surface area contributed by atoms with E-state index < -0.39 is 0 Å². The van der Waals surface area contributed by atoms with E-state index in [1.54, 1.807) is 25.4 Å². The lowest BCUT2D eigenvalue weighted by Crippen LogP contribution is -2.28. The summed E-state index contributed by atoms with van der Waals surface area (Å²) in [6.07, 6.45) is 2.98. The minimum atomic E-state index is -0.254. The number of amides is 1. The SMILES string of the molecule is CNc1ccnc(C(=O)NC(C)c2ncn[nH]2)c1. The molecule has 0 saturated heterocycles.